The van der Waals surface area contributed by atoms with Crippen molar-refractivity contribution in [2.45, 2.75) is 39.2 Å². The van der Waals surface area contributed by atoms with Crippen LogP contribution in [0.5, 0.6) is 0 Å². The van der Waals surface area contributed by atoms with Crippen molar-refractivity contribution < 1.29 is 0 Å². The third kappa shape index (κ3) is 3.86. The van der Waals surface area contributed by atoms with E-state index in [1.54, 1.807) is 0 Å². The molecule has 0 aromatic carbocycles. The summed E-state index contributed by atoms with van der Waals surface area (Å²) in [4.78, 5) is 4.81. The van der Waals surface area contributed by atoms with Crippen LogP contribution in [-0.4, -0.2) is 43.0 Å². The van der Waals surface area contributed by atoms with Gasteiger partial charge in [0, 0.05) is 25.3 Å². The lowest BCUT2D eigenvalue weighted by Gasteiger charge is -2.27. The smallest absolute Gasteiger partial charge is 0.0414 e. The van der Waals surface area contributed by atoms with Crippen LogP contribution in [0.3, 0.4) is 0 Å². The van der Waals surface area contributed by atoms with Crippen molar-refractivity contribution in [1.82, 2.24) is 9.80 Å². The number of hydrogen-bond acceptors (Lipinski definition) is 2. The average molecular weight is 210 g/mol. The molecule has 0 bridgehead atoms. The molecular weight excluding hydrogens is 184 g/mol. The fourth-order valence-corrected chi connectivity index (χ4v) is 2.10. The van der Waals surface area contributed by atoms with Crippen molar-refractivity contribution in [3.05, 3.63) is 12.3 Å². The zero-order valence-corrected chi connectivity index (χ0v) is 10.8. The Morgan fingerprint density at radius 3 is 2.67 bits per heavy atom. The van der Waals surface area contributed by atoms with E-state index in [1.165, 1.54) is 38.0 Å². The largest absolute Gasteiger partial charge is 0.374 e. The Balaban J connectivity index is 2.26. The van der Waals surface area contributed by atoms with Gasteiger partial charge in [0.1, 0.15) is 0 Å². The third-order valence-electron chi connectivity index (χ3n) is 3.42. The van der Waals surface area contributed by atoms with Crippen LogP contribution in [0.15, 0.2) is 12.3 Å². The summed E-state index contributed by atoms with van der Waals surface area (Å²) in [6, 6.07) is 0.690. The van der Waals surface area contributed by atoms with Gasteiger partial charge < -0.3 is 9.80 Å². The van der Waals surface area contributed by atoms with E-state index in [2.05, 4.69) is 44.3 Å². The van der Waals surface area contributed by atoms with E-state index >= 15 is 0 Å². The van der Waals surface area contributed by atoms with Gasteiger partial charge in [-0.25, -0.2) is 0 Å². The van der Waals surface area contributed by atoms with Gasteiger partial charge in [0.2, 0.25) is 0 Å². The van der Waals surface area contributed by atoms with Crippen LogP contribution < -0.4 is 0 Å². The molecule has 0 saturated carbocycles. The van der Waals surface area contributed by atoms with Crippen molar-refractivity contribution in [3.8, 4) is 0 Å². The zero-order chi connectivity index (χ0) is 11.4. The van der Waals surface area contributed by atoms with E-state index < -0.39 is 0 Å². The van der Waals surface area contributed by atoms with Crippen molar-refractivity contribution in [1.29, 1.82) is 0 Å². The highest BCUT2D eigenvalue weighted by molar-refractivity contribution is 5.03. The van der Waals surface area contributed by atoms with Crippen molar-refractivity contribution in [2.24, 2.45) is 5.92 Å². The molecule has 1 aliphatic rings. The molecule has 1 saturated heterocycles. The highest BCUT2D eigenvalue weighted by atomic mass is 15.2. The second-order valence-electron chi connectivity index (χ2n) is 5.31. The van der Waals surface area contributed by atoms with E-state index in [-0.39, 0.29) is 0 Å². The summed E-state index contributed by atoms with van der Waals surface area (Å²) in [7, 11) is 4.41. The minimum Gasteiger partial charge on any atom is -0.374 e. The Labute approximate surface area is 94.9 Å². The van der Waals surface area contributed by atoms with Gasteiger partial charge in [-0.15, -0.1) is 0 Å². The van der Waals surface area contributed by atoms with Gasteiger partial charge in [0.25, 0.3) is 0 Å². The first-order valence-electron chi connectivity index (χ1n) is 6.10. The standard InChI is InChI=1S/C13H26N2/c1-11(2)8-9-14(4)10-13-7-6-12(3)15(13)5/h11,13H,3,6-10H2,1-2,4-5H3/t13-/m0/s1. The summed E-state index contributed by atoms with van der Waals surface area (Å²) < 4.78 is 0. The Morgan fingerprint density at radius 2 is 2.20 bits per heavy atom. The van der Waals surface area contributed by atoms with E-state index in [0.29, 0.717) is 6.04 Å². The molecule has 0 aromatic rings. The van der Waals surface area contributed by atoms with Crippen LogP contribution in [0.4, 0.5) is 0 Å². The molecule has 1 fully saturated rings. The quantitative estimate of drug-likeness (QED) is 0.688. The molecular formula is C13H26N2. The maximum atomic E-state index is 4.07. The Bertz CT molecular complexity index is 211. The number of rotatable bonds is 5. The van der Waals surface area contributed by atoms with Crippen LogP contribution in [0, 0.1) is 5.92 Å². The first-order chi connectivity index (χ1) is 7.00. The number of likely N-dealkylation sites (N-methyl/N-ethyl adjacent to an activating group) is 2. The number of hydrogen-bond donors (Lipinski definition) is 0. The van der Waals surface area contributed by atoms with E-state index in [4.69, 9.17) is 0 Å². The monoisotopic (exact) mass is 210 g/mol. The van der Waals surface area contributed by atoms with E-state index in [0.717, 1.165) is 5.92 Å². The lowest BCUT2D eigenvalue weighted by atomic mass is 10.1. The molecule has 15 heavy (non-hydrogen) atoms. The minimum atomic E-state index is 0.690. The van der Waals surface area contributed by atoms with Crippen LogP contribution in [0.1, 0.15) is 33.1 Å². The molecule has 0 N–H and O–H groups in total. The van der Waals surface area contributed by atoms with Crippen LogP contribution >= 0.6 is 0 Å². The topological polar surface area (TPSA) is 6.48 Å². The minimum absolute atomic E-state index is 0.690. The summed E-state index contributed by atoms with van der Waals surface area (Å²) in [6.07, 6.45) is 3.76. The highest BCUT2D eigenvalue weighted by Crippen LogP contribution is 2.24. The fourth-order valence-electron chi connectivity index (χ4n) is 2.10. The maximum absolute atomic E-state index is 4.07. The normalized spacial score (nSPS) is 22.1. The predicted molar refractivity (Wildman–Crippen MR) is 66.9 cm³/mol. The second kappa shape index (κ2) is 5.55. The van der Waals surface area contributed by atoms with Gasteiger partial charge >= 0.3 is 0 Å². The summed E-state index contributed by atoms with van der Waals surface area (Å²) in [5, 5.41) is 0. The summed E-state index contributed by atoms with van der Waals surface area (Å²) >= 11 is 0. The number of allylic oxidation sites excluding steroid dienone is 1. The second-order valence-corrected chi connectivity index (χ2v) is 5.31. The molecule has 88 valence electrons. The van der Waals surface area contributed by atoms with E-state index in [1.807, 2.05) is 0 Å². The van der Waals surface area contributed by atoms with Crippen molar-refractivity contribution in [2.75, 3.05) is 27.2 Å². The lowest BCUT2D eigenvalue weighted by Crippen LogP contribution is -2.36. The lowest BCUT2D eigenvalue weighted by molar-refractivity contribution is 0.228. The average Bonchev–Trinajstić information content (AvgIpc) is 2.47. The Morgan fingerprint density at radius 1 is 1.53 bits per heavy atom. The summed E-state index contributed by atoms with van der Waals surface area (Å²) in [6.45, 7) is 11.1. The van der Waals surface area contributed by atoms with Gasteiger partial charge in [0.15, 0.2) is 0 Å². The molecule has 0 unspecified atom stereocenters. The first-order valence-corrected chi connectivity index (χ1v) is 6.10. The molecule has 0 amide bonds. The Hall–Kier alpha value is -0.500. The molecule has 0 radical (unpaired) electrons. The third-order valence-corrected chi connectivity index (χ3v) is 3.42. The summed E-state index contributed by atoms with van der Waals surface area (Å²) in [5.41, 5.74) is 1.30. The van der Waals surface area contributed by atoms with Crippen LogP contribution in [0.25, 0.3) is 0 Å². The first kappa shape index (κ1) is 12.6. The molecule has 1 atom stereocenters. The fraction of sp³-hybridized carbons (Fsp3) is 0.846. The van der Waals surface area contributed by atoms with Crippen molar-refractivity contribution in [3.63, 3.8) is 0 Å². The maximum Gasteiger partial charge on any atom is 0.0414 e. The van der Waals surface area contributed by atoms with Gasteiger partial charge in [-0.05, 0) is 38.8 Å². The highest BCUT2D eigenvalue weighted by Gasteiger charge is 2.24. The molecule has 1 rings (SSSR count). The van der Waals surface area contributed by atoms with Gasteiger partial charge in [-0.2, -0.15) is 0 Å². The van der Waals surface area contributed by atoms with Gasteiger partial charge in [-0.3, -0.25) is 0 Å². The van der Waals surface area contributed by atoms with Crippen molar-refractivity contribution >= 4 is 0 Å². The molecule has 0 aliphatic carbocycles. The number of likely N-dealkylation sites (tertiary alicyclic amines) is 1. The Kier molecular flexibility index (Phi) is 4.65. The molecule has 2 nitrogen and oxygen atoms in total. The van der Waals surface area contributed by atoms with Crippen LogP contribution in [0.2, 0.25) is 0 Å². The summed E-state index contributed by atoms with van der Waals surface area (Å²) in [5.74, 6) is 0.809. The zero-order valence-electron chi connectivity index (χ0n) is 10.8. The molecule has 2 heteroatoms. The molecule has 1 heterocycles. The molecule has 1 aliphatic heterocycles. The SMILES string of the molecule is C=C1CC[C@@H](CN(C)CCC(C)C)N1C. The van der Waals surface area contributed by atoms with Gasteiger partial charge in [0.05, 0.1) is 0 Å². The number of nitrogens with zero attached hydrogens (tertiary/aromatic N) is 2. The predicted octanol–water partition coefficient (Wildman–Crippen LogP) is 2.57. The van der Waals surface area contributed by atoms with E-state index in [9.17, 15) is 0 Å². The van der Waals surface area contributed by atoms with Gasteiger partial charge in [-0.1, -0.05) is 20.4 Å². The van der Waals surface area contributed by atoms with Crippen LogP contribution in [-0.2, 0) is 0 Å². The molecule has 0 aromatic heterocycles. The molecule has 0 spiro atoms.